The molecular formula is C21H28N4O. The number of nitrogens with zero attached hydrogens (tertiary/aromatic N) is 2. The lowest BCUT2D eigenvalue weighted by atomic mass is 9.76. The Labute approximate surface area is 155 Å². The fraction of sp³-hybridized carbons (Fsp3) is 0.476. The summed E-state index contributed by atoms with van der Waals surface area (Å²) in [6.45, 7) is 7.87. The van der Waals surface area contributed by atoms with Crippen LogP contribution >= 0.6 is 0 Å². The van der Waals surface area contributed by atoms with Crippen LogP contribution in [0.4, 0.5) is 11.5 Å². The van der Waals surface area contributed by atoms with Gasteiger partial charge in [-0.05, 0) is 82.6 Å². The second-order valence-electron chi connectivity index (χ2n) is 7.78. The van der Waals surface area contributed by atoms with Gasteiger partial charge in [-0.25, -0.2) is 9.97 Å². The highest BCUT2D eigenvalue weighted by Gasteiger charge is 2.30. The number of hydrogen-bond donors (Lipinski definition) is 3. The Balaban J connectivity index is 1.93. The fourth-order valence-electron chi connectivity index (χ4n) is 3.88. The summed E-state index contributed by atoms with van der Waals surface area (Å²) in [4.78, 5) is 8.78. The van der Waals surface area contributed by atoms with E-state index in [1.165, 1.54) is 17.3 Å². The Kier molecular flexibility index (Phi) is 5.10. The normalized spacial score (nSPS) is 22.9. The summed E-state index contributed by atoms with van der Waals surface area (Å²) in [5.74, 6) is 1.93. The maximum atomic E-state index is 10.2. The molecule has 1 aliphatic rings. The molecule has 3 N–H and O–H groups in total. The van der Waals surface area contributed by atoms with Crippen LogP contribution in [0.3, 0.4) is 0 Å². The van der Waals surface area contributed by atoms with E-state index in [9.17, 15) is 5.11 Å². The molecule has 0 aliphatic heterocycles. The lowest BCUT2D eigenvalue weighted by molar-refractivity contribution is 0.0171. The third-order valence-electron chi connectivity index (χ3n) is 5.33. The molecule has 3 rings (SSSR count). The zero-order chi connectivity index (χ0) is 18.9. The predicted octanol–water partition coefficient (Wildman–Crippen LogP) is 4.55. The van der Waals surface area contributed by atoms with Crippen LogP contribution in [0.15, 0.2) is 18.2 Å². The van der Waals surface area contributed by atoms with Crippen molar-refractivity contribution in [2.45, 2.75) is 64.9 Å². The Hall–Kier alpha value is -2.27. The molecule has 5 heteroatoms. The average molecular weight is 352 g/mol. The fourth-order valence-corrected chi connectivity index (χ4v) is 3.88. The second-order valence-corrected chi connectivity index (χ2v) is 7.78. The predicted molar refractivity (Wildman–Crippen MR) is 106 cm³/mol. The zero-order valence-corrected chi connectivity index (χ0v) is 16.1. The molecule has 0 amide bonds. The van der Waals surface area contributed by atoms with Crippen LogP contribution in [0.2, 0.25) is 0 Å². The van der Waals surface area contributed by atoms with Crippen molar-refractivity contribution < 1.29 is 5.11 Å². The van der Waals surface area contributed by atoms with Crippen LogP contribution < -0.4 is 5.32 Å². The van der Waals surface area contributed by atoms with E-state index < -0.39 is 5.60 Å². The van der Waals surface area contributed by atoms with E-state index in [4.69, 9.17) is 5.41 Å². The van der Waals surface area contributed by atoms with Gasteiger partial charge in [0.25, 0.3) is 0 Å². The number of aliphatic hydroxyl groups is 1. The number of nitrogens with one attached hydrogen (secondary N) is 2. The summed E-state index contributed by atoms with van der Waals surface area (Å²) in [5, 5.41) is 21.4. The molecule has 2 aromatic rings. The lowest BCUT2D eigenvalue weighted by Crippen LogP contribution is -2.29. The molecule has 1 saturated carbocycles. The Morgan fingerprint density at radius 1 is 1.15 bits per heavy atom. The van der Waals surface area contributed by atoms with Crippen molar-refractivity contribution in [3.05, 3.63) is 46.4 Å². The average Bonchev–Trinajstić information content (AvgIpc) is 2.55. The second kappa shape index (κ2) is 7.16. The molecule has 1 aliphatic carbocycles. The summed E-state index contributed by atoms with van der Waals surface area (Å²) in [5.41, 5.74) is 4.64. The molecule has 0 unspecified atom stereocenters. The van der Waals surface area contributed by atoms with Gasteiger partial charge in [-0.1, -0.05) is 0 Å². The maximum absolute atomic E-state index is 10.2. The summed E-state index contributed by atoms with van der Waals surface area (Å²) < 4.78 is 0. The highest BCUT2D eigenvalue weighted by Crippen LogP contribution is 2.40. The van der Waals surface area contributed by atoms with Gasteiger partial charge in [-0.2, -0.15) is 0 Å². The third kappa shape index (κ3) is 4.10. The van der Waals surface area contributed by atoms with Gasteiger partial charge in [0.1, 0.15) is 11.6 Å². The van der Waals surface area contributed by atoms with Crippen molar-refractivity contribution in [1.82, 2.24) is 9.97 Å². The molecular weight excluding hydrogens is 324 g/mol. The minimum Gasteiger partial charge on any atom is -0.390 e. The molecule has 0 saturated heterocycles. The van der Waals surface area contributed by atoms with Gasteiger partial charge in [-0.3, -0.25) is 0 Å². The Morgan fingerprint density at radius 3 is 2.46 bits per heavy atom. The topological polar surface area (TPSA) is 81.9 Å². The SMILES string of the molecule is Cc1cc(Nc2cc(C3CCC(C)(O)CC3)c(C)cc2C=N)nc(C)n1. The van der Waals surface area contributed by atoms with Crippen LogP contribution in [0.1, 0.15) is 66.7 Å². The molecule has 5 nitrogen and oxygen atoms in total. The molecule has 26 heavy (non-hydrogen) atoms. The van der Waals surface area contributed by atoms with Crippen molar-refractivity contribution in [3.63, 3.8) is 0 Å². The summed E-state index contributed by atoms with van der Waals surface area (Å²) >= 11 is 0. The van der Waals surface area contributed by atoms with Crippen molar-refractivity contribution in [2.24, 2.45) is 0 Å². The van der Waals surface area contributed by atoms with Crippen molar-refractivity contribution in [1.29, 1.82) is 5.41 Å². The van der Waals surface area contributed by atoms with E-state index in [2.05, 4.69) is 34.3 Å². The maximum Gasteiger partial charge on any atom is 0.134 e. The molecule has 138 valence electrons. The van der Waals surface area contributed by atoms with E-state index in [0.29, 0.717) is 5.92 Å². The molecule has 0 radical (unpaired) electrons. The van der Waals surface area contributed by atoms with Gasteiger partial charge in [0.05, 0.1) is 5.60 Å². The summed E-state index contributed by atoms with van der Waals surface area (Å²) in [6, 6.07) is 6.14. The molecule has 0 bridgehead atoms. The number of rotatable bonds is 4. The van der Waals surface area contributed by atoms with E-state index >= 15 is 0 Å². The van der Waals surface area contributed by atoms with E-state index in [1.807, 2.05) is 26.8 Å². The van der Waals surface area contributed by atoms with E-state index in [1.54, 1.807) is 0 Å². The van der Waals surface area contributed by atoms with Crippen LogP contribution in [0.25, 0.3) is 0 Å². The Morgan fingerprint density at radius 2 is 1.85 bits per heavy atom. The van der Waals surface area contributed by atoms with Crippen LogP contribution in [0, 0.1) is 26.2 Å². The van der Waals surface area contributed by atoms with Gasteiger partial charge in [0.15, 0.2) is 0 Å². The molecule has 1 heterocycles. The van der Waals surface area contributed by atoms with Crippen molar-refractivity contribution in [3.8, 4) is 0 Å². The van der Waals surface area contributed by atoms with Crippen LogP contribution in [-0.4, -0.2) is 26.9 Å². The quantitative estimate of drug-likeness (QED) is 0.705. The van der Waals surface area contributed by atoms with Gasteiger partial charge in [-0.15, -0.1) is 0 Å². The molecule has 1 aromatic heterocycles. The zero-order valence-electron chi connectivity index (χ0n) is 16.1. The monoisotopic (exact) mass is 352 g/mol. The number of anilines is 2. The molecule has 1 fully saturated rings. The van der Waals surface area contributed by atoms with Crippen LogP contribution in [-0.2, 0) is 0 Å². The Bertz CT molecular complexity index is 799. The summed E-state index contributed by atoms with van der Waals surface area (Å²) in [7, 11) is 0. The number of benzene rings is 1. The minimum atomic E-state index is -0.531. The molecule has 0 atom stereocenters. The van der Waals surface area contributed by atoms with Crippen molar-refractivity contribution >= 4 is 17.7 Å². The number of aryl methyl sites for hydroxylation is 3. The molecule has 1 aromatic carbocycles. The highest BCUT2D eigenvalue weighted by molar-refractivity contribution is 5.88. The van der Waals surface area contributed by atoms with E-state index in [0.717, 1.165) is 54.3 Å². The van der Waals surface area contributed by atoms with Gasteiger partial charge >= 0.3 is 0 Å². The van der Waals surface area contributed by atoms with Gasteiger partial charge in [0, 0.05) is 29.2 Å². The minimum absolute atomic E-state index is 0.449. The van der Waals surface area contributed by atoms with Crippen LogP contribution in [0.5, 0.6) is 0 Å². The number of aromatic nitrogens is 2. The number of hydrogen-bond acceptors (Lipinski definition) is 5. The van der Waals surface area contributed by atoms with Gasteiger partial charge < -0.3 is 15.8 Å². The van der Waals surface area contributed by atoms with Gasteiger partial charge in [0.2, 0.25) is 0 Å². The third-order valence-corrected chi connectivity index (χ3v) is 5.33. The lowest BCUT2D eigenvalue weighted by Gasteiger charge is -2.34. The first-order valence-electron chi connectivity index (χ1n) is 9.24. The smallest absolute Gasteiger partial charge is 0.134 e. The molecule has 0 spiro atoms. The first kappa shape index (κ1) is 18.5. The highest BCUT2D eigenvalue weighted by atomic mass is 16.3. The summed E-state index contributed by atoms with van der Waals surface area (Å²) in [6.07, 6.45) is 5.02. The first-order valence-corrected chi connectivity index (χ1v) is 9.24. The van der Waals surface area contributed by atoms with Crippen molar-refractivity contribution in [2.75, 3.05) is 5.32 Å². The first-order chi connectivity index (χ1) is 12.3. The standard InChI is InChI=1S/C21H28N4O/c1-13-9-17(12-22)19(25-20-10-14(2)23-15(3)24-20)11-18(13)16-5-7-21(4,26)8-6-16/h9-12,16,22,26H,5-8H2,1-4H3,(H,23,24,25). The largest absolute Gasteiger partial charge is 0.390 e. The van der Waals surface area contributed by atoms with E-state index in [-0.39, 0.29) is 0 Å².